The first-order valence-electron chi connectivity index (χ1n) is 6.14. The molecule has 3 N–H and O–H groups in total. The van der Waals surface area contributed by atoms with E-state index in [0.717, 1.165) is 5.76 Å². The summed E-state index contributed by atoms with van der Waals surface area (Å²) in [5.41, 5.74) is 5.75. The molecule has 106 valence electrons. The van der Waals surface area contributed by atoms with Gasteiger partial charge in [0.1, 0.15) is 5.76 Å². The average molecular weight is 275 g/mol. The number of rotatable bonds is 5. The zero-order valence-electron chi connectivity index (χ0n) is 11.4. The molecule has 1 atom stereocenters. The molecule has 1 unspecified atom stereocenters. The van der Waals surface area contributed by atoms with Crippen molar-refractivity contribution < 1.29 is 9.21 Å². The predicted octanol–water partition coefficient (Wildman–Crippen LogP) is 0.684. The van der Waals surface area contributed by atoms with Crippen LogP contribution in [-0.2, 0) is 0 Å². The number of aromatic nitrogens is 2. The summed E-state index contributed by atoms with van der Waals surface area (Å²) in [4.78, 5) is 21.7. The van der Waals surface area contributed by atoms with Gasteiger partial charge in [0.25, 0.3) is 5.91 Å². The number of anilines is 1. The average Bonchev–Trinajstić information content (AvgIpc) is 2.92. The van der Waals surface area contributed by atoms with E-state index < -0.39 is 0 Å². The van der Waals surface area contributed by atoms with Gasteiger partial charge in [0.05, 0.1) is 12.3 Å². The van der Waals surface area contributed by atoms with Crippen molar-refractivity contribution in [3.8, 4) is 0 Å². The summed E-state index contributed by atoms with van der Waals surface area (Å²) in [7, 11) is 3.83. The first-order valence-corrected chi connectivity index (χ1v) is 6.14. The predicted molar refractivity (Wildman–Crippen MR) is 73.9 cm³/mol. The Morgan fingerprint density at radius 2 is 2.20 bits per heavy atom. The van der Waals surface area contributed by atoms with Gasteiger partial charge in [-0.15, -0.1) is 0 Å². The summed E-state index contributed by atoms with van der Waals surface area (Å²) in [5, 5.41) is 2.79. The zero-order valence-corrected chi connectivity index (χ0v) is 11.4. The van der Waals surface area contributed by atoms with Crippen molar-refractivity contribution in [2.75, 3.05) is 26.4 Å². The molecule has 2 aromatic rings. The van der Waals surface area contributed by atoms with Gasteiger partial charge in [-0.1, -0.05) is 0 Å². The van der Waals surface area contributed by atoms with Crippen LogP contribution in [0.3, 0.4) is 0 Å². The standard InChI is InChI=1S/C13H17N5O2/c1-18(2)9(10-4-3-7-20-10)8-17-13(19)11-12(14)16-6-5-15-11/h3-7,9H,8H2,1-2H3,(H2,14,16)(H,17,19). The second kappa shape index (κ2) is 6.16. The van der Waals surface area contributed by atoms with Gasteiger partial charge < -0.3 is 15.5 Å². The summed E-state index contributed by atoms with van der Waals surface area (Å²) in [6.45, 7) is 0.384. The molecule has 2 rings (SSSR count). The van der Waals surface area contributed by atoms with Crippen LogP contribution in [0.15, 0.2) is 35.2 Å². The molecule has 0 radical (unpaired) electrons. The lowest BCUT2D eigenvalue weighted by molar-refractivity contribution is 0.0934. The van der Waals surface area contributed by atoms with Gasteiger partial charge in [0.15, 0.2) is 11.5 Å². The summed E-state index contributed by atoms with van der Waals surface area (Å²) in [6, 6.07) is 3.62. The number of carbonyl (C=O) groups is 1. The molecular formula is C13H17N5O2. The molecule has 7 heteroatoms. The van der Waals surface area contributed by atoms with Crippen molar-refractivity contribution in [1.29, 1.82) is 0 Å². The highest BCUT2D eigenvalue weighted by Gasteiger charge is 2.19. The quantitative estimate of drug-likeness (QED) is 0.833. The fourth-order valence-electron chi connectivity index (χ4n) is 1.82. The molecule has 0 spiro atoms. The number of nitrogens with two attached hydrogens (primary N) is 1. The Balaban J connectivity index is 2.03. The summed E-state index contributed by atoms with van der Waals surface area (Å²) in [5.74, 6) is 0.542. The minimum absolute atomic E-state index is 0.0631. The van der Waals surface area contributed by atoms with E-state index in [9.17, 15) is 4.79 Å². The molecule has 0 aromatic carbocycles. The van der Waals surface area contributed by atoms with E-state index in [4.69, 9.17) is 10.2 Å². The van der Waals surface area contributed by atoms with Crippen molar-refractivity contribution in [1.82, 2.24) is 20.2 Å². The highest BCUT2D eigenvalue weighted by atomic mass is 16.3. The van der Waals surface area contributed by atoms with Gasteiger partial charge in [0.2, 0.25) is 0 Å². The molecule has 2 aromatic heterocycles. The number of likely N-dealkylation sites (N-methyl/N-ethyl adjacent to an activating group) is 1. The molecule has 0 saturated heterocycles. The number of nitrogens with zero attached hydrogens (tertiary/aromatic N) is 3. The Labute approximate surface area is 116 Å². The van der Waals surface area contributed by atoms with Crippen LogP contribution >= 0.6 is 0 Å². The maximum absolute atomic E-state index is 12.0. The Hall–Kier alpha value is -2.41. The van der Waals surface area contributed by atoms with E-state index in [0.29, 0.717) is 6.54 Å². The van der Waals surface area contributed by atoms with Gasteiger partial charge in [0, 0.05) is 18.9 Å². The Kier molecular flexibility index (Phi) is 4.31. The lowest BCUT2D eigenvalue weighted by Crippen LogP contribution is -2.35. The number of nitrogen functional groups attached to an aromatic ring is 1. The molecule has 20 heavy (non-hydrogen) atoms. The Morgan fingerprint density at radius 1 is 1.45 bits per heavy atom. The van der Waals surface area contributed by atoms with E-state index in [1.165, 1.54) is 12.4 Å². The number of carbonyl (C=O) groups excluding carboxylic acids is 1. The topological polar surface area (TPSA) is 97.3 Å². The van der Waals surface area contributed by atoms with Crippen molar-refractivity contribution in [3.63, 3.8) is 0 Å². The number of hydrogen-bond donors (Lipinski definition) is 2. The highest BCUT2D eigenvalue weighted by Crippen LogP contribution is 2.17. The normalized spacial score (nSPS) is 12.3. The van der Waals surface area contributed by atoms with Crippen LogP contribution in [0.5, 0.6) is 0 Å². The van der Waals surface area contributed by atoms with Crippen molar-refractivity contribution in [3.05, 3.63) is 42.2 Å². The monoisotopic (exact) mass is 275 g/mol. The van der Waals surface area contributed by atoms with Crippen LogP contribution < -0.4 is 11.1 Å². The van der Waals surface area contributed by atoms with Crippen molar-refractivity contribution >= 4 is 11.7 Å². The lowest BCUT2D eigenvalue weighted by Gasteiger charge is -2.22. The van der Waals surface area contributed by atoms with E-state index >= 15 is 0 Å². The largest absolute Gasteiger partial charge is 0.468 e. The van der Waals surface area contributed by atoms with Crippen molar-refractivity contribution in [2.45, 2.75) is 6.04 Å². The fourth-order valence-corrected chi connectivity index (χ4v) is 1.82. The van der Waals surface area contributed by atoms with Gasteiger partial charge >= 0.3 is 0 Å². The highest BCUT2D eigenvalue weighted by molar-refractivity contribution is 5.96. The third-order valence-corrected chi connectivity index (χ3v) is 2.89. The van der Waals surface area contributed by atoms with Gasteiger partial charge in [-0.05, 0) is 26.2 Å². The zero-order chi connectivity index (χ0) is 14.5. The van der Waals surface area contributed by atoms with E-state index in [1.54, 1.807) is 6.26 Å². The molecular weight excluding hydrogens is 258 g/mol. The first-order chi connectivity index (χ1) is 9.59. The van der Waals surface area contributed by atoms with E-state index in [-0.39, 0.29) is 23.5 Å². The van der Waals surface area contributed by atoms with Crippen LogP contribution in [-0.4, -0.2) is 41.4 Å². The first kappa shape index (κ1) is 14.0. The maximum atomic E-state index is 12.0. The molecule has 0 aliphatic carbocycles. The van der Waals surface area contributed by atoms with E-state index in [1.807, 2.05) is 31.1 Å². The van der Waals surface area contributed by atoms with Gasteiger partial charge in [-0.25, -0.2) is 9.97 Å². The van der Waals surface area contributed by atoms with Crippen LogP contribution in [0.25, 0.3) is 0 Å². The van der Waals surface area contributed by atoms with Crippen LogP contribution in [0.1, 0.15) is 22.3 Å². The van der Waals surface area contributed by atoms with Crippen LogP contribution in [0.2, 0.25) is 0 Å². The number of amides is 1. The molecule has 7 nitrogen and oxygen atoms in total. The molecule has 0 fully saturated rings. The molecule has 1 amide bonds. The Bertz CT molecular complexity index is 568. The smallest absolute Gasteiger partial charge is 0.273 e. The fraction of sp³-hybridized carbons (Fsp3) is 0.308. The van der Waals surface area contributed by atoms with Crippen LogP contribution in [0, 0.1) is 0 Å². The molecule has 0 aliphatic rings. The van der Waals surface area contributed by atoms with Crippen LogP contribution in [0.4, 0.5) is 5.82 Å². The SMILES string of the molecule is CN(C)C(CNC(=O)c1nccnc1N)c1ccco1. The lowest BCUT2D eigenvalue weighted by atomic mass is 10.2. The summed E-state index contributed by atoms with van der Waals surface area (Å²) in [6.07, 6.45) is 4.48. The molecule has 0 bridgehead atoms. The summed E-state index contributed by atoms with van der Waals surface area (Å²) >= 11 is 0. The third kappa shape index (κ3) is 3.12. The molecule has 0 aliphatic heterocycles. The number of nitrogens with one attached hydrogen (secondary N) is 1. The van der Waals surface area contributed by atoms with Gasteiger partial charge in [-0.3, -0.25) is 9.69 Å². The minimum atomic E-state index is -0.353. The Morgan fingerprint density at radius 3 is 2.80 bits per heavy atom. The maximum Gasteiger partial charge on any atom is 0.273 e. The molecule has 0 saturated carbocycles. The summed E-state index contributed by atoms with van der Waals surface area (Å²) < 4.78 is 5.37. The van der Waals surface area contributed by atoms with Gasteiger partial charge in [-0.2, -0.15) is 0 Å². The van der Waals surface area contributed by atoms with Crippen molar-refractivity contribution in [2.24, 2.45) is 0 Å². The number of hydrogen-bond acceptors (Lipinski definition) is 6. The van der Waals surface area contributed by atoms with E-state index in [2.05, 4.69) is 15.3 Å². The third-order valence-electron chi connectivity index (χ3n) is 2.89. The number of furan rings is 1. The minimum Gasteiger partial charge on any atom is -0.468 e. The second-order valence-corrected chi connectivity index (χ2v) is 4.50. The molecule has 2 heterocycles. The second-order valence-electron chi connectivity index (χ2n) is 4.50.